The van der Waals surface area contributed by atoms with Gasteiger partial charge in [0.15, 0.2) is 0 Å². The summed E-state index contributed by atoms with van der Waals surface area (Å²) in [5.74, 6) is 2.24. The fraction of sp³-hybridized carbons (Fsp3) is 0.379. The van der Waals surface area contributed by atoms with Crippen LogP contribution in [0.4, 0.5) is 5.69 Å². The first-order valence-electron chi connectivity index (χ1n) is 12.3. The van der Waals surface area contributed by atoms with Crippen molar-refractivity contribution in [3.05, 3.63) is 84.2 Å². The Labute approximate surface area is 197 Å². The molecular formula is C29H35N3O. The van der Waals surface area contributed by atoms with E-state index in [0.29, 0.717) is 5.92 Å². The highest BCUT2D eigenvalue weighted by atomic mass is 16.5. The van der Waals surface area contributed by atoms with Crippen molar-refractivity contribution in [2.24, 2.45) is 0 Å². The molecule has 0 aliphatic carbocycles. The lowest BCUT2D eigenvalue weighted by Gasteiger charge is -2.32. The van der Waals surface area contributed by atoms with E-state index in [4.69, 9.17) is 4.74 Å². The molecule has 2 atom stereocenters. The molecule has 0 aromatic heterocycles. The van der Waals surface area contributed by atoms with E-state index in [2.05, 4.69) is 89.7 Å². The fourth-order valence-electron chi connectivity index (χ4n) is 5.15. The molecule has 2 aliphatic heterocycles. The summed E-state index contributed by atoms with van der Waals surface area (Å²) in [5.41, 5.74) is 3.72. The Bertz CT molecular complexity index is 1120. The predicted octanol–water partition coefficient (Wildman–Crippen LogP) is 5.91. The van der Waals surface area contributed by atoms with E-state index < -0.39 is 0 Å². The maximum Gasteiger partial charge on any atom is 0.122 e. The number of hydrogen-bond acceptors (Lipinski definition) is 4. The molecule has 0 spiro atoms. The molecule has 1 fully saturated rings. The Hall–Kier alpha value is -2.98. The normalized spacial score (nSPS) is 17.7. The van der Waals surface area contributed by atoms with Gasteiger partial charge in [-0.1, -0.05) is 56.0 Å². The van der Waals surface area contributed by atoms with Crippen molar-refractivity contribution in [2.75, 3.05) is 31.6 Å². The van der Waals surface area contributed by atoms with Crippen LogP contribution in [0.25, 0.3) is 10.8 Å². The van der Waals surface area contributed by atoms with Crippen LogP contribution in [0.5, 0.6) is 5.75 Å². The SMILES string of the molecule is C=C(Nc1ccc2ccccc2c1)NC(CN1CCCC1)C(C)c1ccc2c(c1)OCCC2. The van der Waals surface area contributed by atoms with Gasteiger partial charge in [-0.25, -0.2) is 0 Å². The molecular weight excluding hydrogens is 406 g/mol. The minimum atomic E-state index is 0.255. The molecule has 0 bridgehead atoms. The van der Waals surface area contributed by atoms with E-state index in [1.54, 1.807) is 0 Å². The Morgan fingerprint density at radius 2 is 1.82 bits per heavy atom. The summed E-state index contributed by atoms with van der Waals surface area (Å²) in [4.78, 5) is 2.58. The zero-order valence-corrected chi connectivity index (χ0v) is 19.6. The molecule has 2 unspecified atom stereocenters. The summed E-state index contributed by atoms with van der Waals surface area (Å²) in [6, 6.07) is 22.0. The van der Waals surface area contributed by atoms with Crippen molar-refractivity contribution in [2.45, 2.75) is 44.6 Å². The predicted molar refractivity (Wildman–Crippen MR) is 138 cm³/mol. The lowest BCUT2D eigenvalue weighted by Crippen LogP contribution is -2.44. The van der Waals surface area contributed by atoms with Crippen LogP contribution in [0.15, 0.2) is 73.1 Å². The number of fused-ring (bicyclic) bond motifs is 2. The third kappa shape index (κ3) is 5.17. The number of nitrogens with zero attached hydrogens (tertiary/aromatic N) is 1. The van der Waals surface area contributed by atoms with Gasteiger partial charge in [-0.05, 0) is 78.9 Å². The molecule has 33 heavy (non-hydrogen) atoms. The molecule has 0 saturated carbocycles. The maximum atomic E-state index is 5.96. The Morgan fingerprint density at radius 3 is 2.67 bits per heavy atom. The Kier molecular flexibility index (Phi) is 6.54. The van der Waals surface area contributed by atoms with Crippen LogP contribution in [0.2, 0.25) is 0 Å². The summed E-state index contributed by atoms with van der Waals surface area (Å²) >= 11 is 0. The van der Waals surface area contributed by atoms with Gasteiger partial charge < -0.3 is 20.3 Å². The summed E-state index contributed by atoms with van der Waals surface area (Å²) in [7, 11) is 0. The summed E-state index contributed by atoms with van der Waals surface area (Å²) in [6.07, 6.45) is 4.82. The van der Waals surface area contributed by atoms with Crippen LogP contribution >= 0.6 is 0 Å². The highest BCUT2D eigenvalue weighted by Crippen LogP contribution is 2.31. The lowest BCUT2D eigenvalue weighted by atomic mass is 9.90. The van der Waals surface area contributed by atoms with Gasteiger partial charge in [0.1, 0.15) is 5.75 Å². The molecule has 2 N–H and O–H groups in total. The van der Waals surface area contributed by atoms with Gasteiger partial charge >= 0.3 is 0 Å². The molecule has 4 heteroatoms. The number of anilines is 1. The molecule has 2 heterocycles. The zero-order chi connectivity index (χ0) is 22.6. The Balaban J connectivity index is 1.32. The zero-order valence-electron chi connectivity index (χ0n) is 19.6. The number of rotatable bonds is 8. The van der Waals surface area contributed by atoms with Crippen LogP contribution in [0, 0.1) is 0 Å². The number of nitrogens with one attached hydrogen (secondary N) is 2. The van der Waals surface area contributed by atoms with Gasteiger partial charge in [-0.3, -0.25) is 0 Å². The van der Waals surface area contributed by atoms with Gasteiger partial charge in [-0.2, -0.15) is 0 Å². The Morgan fingerprint density at radius 1 is 1.00 bits per heavy atom. The molecule has 172 valence electrons. The number of benzene rings is 3. The van der Waals surface area contributed by atoms with Crippen LogP contribution in [0.3, 0.4) is 0 Å². The third-order valence-electron chi connectivity index (χ3n) is 7.13. The van der Waals surface area contributed by atoms with Crippen LogP contribution in [-0.2, 0) is 6.42 Å². The number of ether oxygens (including phenoxy) is 1. The van der Waals surface area contributed by atoms with Crippen LogP contribution < -0.4 is 15.4 Å². The van der Waals surface area contributed by atoms with E-state index in [1.807, 2.05) is 0 Å². The molecule has 3 aromatic rings. The average molecular weight is 442 g/mol. The van der Waals surface area contributed by atoms with Crippen LogP contribution in [0.1, 0.15) is 43.2 Å². The fourth-order valence-corrected chi connectivity index (χ4v) is 5.15. The molecule has 5 rings (SSSR count). The highest BCUT2D eigenvalue weighted by Gasteiger charge is 2.25. The minimum Gasteiger partial charge on any atom is -0.493 e. The first kappa shape index (κ1) is 21.8. The second-order valence-electron chi connectivity index (χ2n) is 9.53. The van der Waals surface area contributed by atoms with E-state index in [9.17, 15) is 0 Å². The second-order valence-corrected chi connectivity index (χ2v) is 9.53. The number of likely N-dealkylation sites (tertiary alicyclic amines) is 1. The van der Waals surface area contributed by atoms with E-state index in [1.165, 1.54) is 47.8 Å². The van der Waals surface area contributed by atoms with Crippen molar-refractivity contribution >= 4 is 16.5 Å². The summed E-state index contributed by atoms with van der Waals surface area (Å²) in [5, 5.41) is 9.70. The van der Waals surface area contributed by atoms with Crippen molar-refractivity contribution in [1.82, 2.24) is 10.2 Å². The van der Waals surface area contributed by atoms with Crippen molar-refractivity contribution in [3.63, 3.8) is 0 Å². The number of hydrogen-bond donors (Lipinski definition) is 2. The quantitative estimate of drug-likeness (QED) is 0.456. The van der Waals surface area contributed by atoms with Gasteiger partial charge in [0, 0.05) is 24.2 Å². The van der Waals surface area contributed by atoms with E-state index in [0.717, 1.165) is 43.3 Å². The molecule has 0 amide bonds. The van der Waals surface area contributed by atoms with Crippen molar-refractivity contribution in [1.29, 1.82) is 0 Å². The average Bonchev–Trinajstić information content (AvgIpc) is 3.36. The molecule has 3 aromatic carbocycles. The molecule has 1 saturated heterocycles. The number of aryl methyl sites for hydroxylation is 1. The van der Waals surface area contributed by atoms with Gasteiger partial charge in [0.25, 0.3) is 0 Å². The standard InChI is InChI=1S/C29H35N3O/c1-21(25-12-11-24-10-7-17-33-29(24)19-25)28(20-32-15-5-6-16-32)31-22(2)30-27-14-13-23-8-3-4-9-26(23)18-27/h3-4,8-9,11-14,18-19,21,28,30-31H,2,5-7,10,15-17,20H2,1H3. The molecule has 2 aliphatic rings. The monoisotopic (exact) mass is 441 g/mol. The first-order chi connectivity index (χ1) is 16.2. The first-order valence-corrected chi connectivity index (χ1v) is 12.3. The smallest absolute Gasteiger partial charge is 0.122 e. The molecule has 0 radical (unpaired) electrons. The van der Waals surface area contributed by atoms with Gasteiger partial charge in [0.2, 0.25) is 0 Å². The largest absolute Gasteiger partial charge is 0.493 e. The maximum absolute atomic E-state index is 5.96. The third-order valence-corrected chi connectivity index (χ3v) is 7.13. The lowest BCUT2D eigenvalue weighted by molar-refractivity contribution is 0.278. The van der Waals surface area contributed by atoms with E-state index >= 15 is 0 Å². The van der Waals surface area contributed by atoms with Crippen LogP contribution in [-0.4, -0.2) is 37.2 Å². The summed E-state index contributed by atoms with van der Waals surface area (Å²) < 4.78 is 5.96. The summed E-state index contributed by atoms with van der Waals surface area (Å²) in [6.45, 7) is 10.9. The van der Waals surface area contributed by atoms with E-state index in [-0.39, 0.29) is 6.04 Å². The molecule has 4 nitrogen and oxygen atoms in total. The topological polar surface area (TPSA) is 36.5 Å². The minimum absolute atomic E-state index is 0.255. The van der Waals surface area contributed by atoms with Gasteiger partial charge in [0.05, 0.1) is 12.4 Å². The highest BCUT2D eigenvalue weighted by molar-refractivity contribution is 5.85. The van der Waals surface area contributed by atoms with Crippen molar-refractivity contribution in [3.8, 4) is 5.75 Å². The van der Waals surface area contributed by atoms with Crippen molar-refractivity contribution < 1.29 is 4.74 Å². The second kappa shape index (κ2) is 9.88. The van der Waals surface area contributed by atoms with Gasteiger partial charge in [-0.15, -0.1) is 0 Å².